The molecule has 0 saturated heterocycles. The lowest BCUT2D eigenvalue weighted by Crippen LogP contribution is -2.40. The van der Waals surface area contributed by atoms with E-state index in [-0.39, 0.29) is 12.4 Å². The van der Waals surface area contributed by atoms with E-state index in [0.29, 0.717) is 37.8 Å². The fourth-order valence-corrected chi connectivity index (χ4v) is 3.02. The molecule has 0 amide bonds. The molecule has 2 aromatic rings. The van der Waals surface area contributed by atoms with Gasteiger partial charge < -0.3 is 15.4 Å². The number of alkyl halides is 3. The molecule has 1 aromatic carbocycles. The summed E-state index contributed by atoms with van der Waals surface area (Å²) >= 11 is 0. The van der Waals surface area contributed by atoms with E-state index in [9.17, 15) is 23.1 Å². The van der Waals surface area contributed by atoms with Gasteiger partial charge in [0.05, 0.1) is 17.9 Å². The van der Waals surface area contributed by atoms with Crippen molar-refractivity contribution in [2.24, 2.45) is 12.8 Å². The Hall–Kier alpha value is -2.12. The molecule has 0 saturated carbocycles. The monoisotopic (exact) mass is 396 g/mol. The van der Waals surface area contributed by atoms with Crippen molar-refractivity contribution in [2.75, 3.05) is 6.61 Å². The number of ketones is 1. The molecule has 0 fully saturated rings. The van der Waals surface area contributed by atoms with Crippen molar-refractivity contribution < 1.29 is 23.1 Å². The third-order valence-electron chi connectivity index (χ3n) is 4.98. The minimum absolute atomic E-state index is 0.00155. The molecule has 4 nitrogen and oxygen atoms in total. The zero-order valence-corrected chi connectivity index (χ0v) is 16.2. The van der Waals surface area contributed by atoms with Gasteiger partial charge in [0.1, 0.15) is 0 Å². The Morgan fingerprint density at radius 2 is 1.75 bits per heavy atom. The number of benzene rings is 1. The number of carbonyl (C=O) groups is 1. The maximum atomic E-state index is 12.6. The molecule has 0 radical (unpaired) electrons. The molecule has 0 unspecified atom stereocenters. The second-order valence-electron chi connectivity index (χ2n) is 7.55. The number of aromatic nitrogens is 1. The molecule has 0 spiro atoms. The van der Waals surface area contributed by atoms with Gasteiger partial charge in [-0.15, -0.1) is 0 Å². The lowest BCUT2D eigenvalue weighted by molar-refractivity contribution is -0.137. The van der Waals surface area contributed by atoms with Crippen molar-refractivity contribution in [3.63, 3.8) is 0 Å². The topological polar surface area (TPSA) is 68.2 Å². The minimum Gasteiger partial charge on any atom is -0.394 e. The summed E-state index contributed by atoms with van der Waals surface area (Å²) in [4.78, 5) is 12.5. The van der Waals surface area contributed by atoms with Gasteiger partial charge in [-0.2, -0.15) is 13.2 Å². The number of rotatable bonds is 9. The minimum atomic E-state index is -4.34. The molecule has 1 aromatic heterocycles. The number of aliphatic hydroxyl groups excluding tert-OH is 1. The summed E-state index contributed by atoms with van der Waals surface area (Å²) in [5.74, 6) is -0.00155. The first-order valence-corrected chi connectivity index (χ1v) is 9.27. The Bertz CT molecular complexity index is 793. The summed E-state index contributed by atoms with van der Waals surface area (Å²) in [6.07, 6.45) is -1.65. The molecule has 0 aliphatic heterocycles. The number of aryl methyl sites for hydroxylation is 2. The highest BCUT2D eigenvalue weighted by Gasteiger charge is 2.29. The van der Waals surface area contributed by atoms with Crippen LogP contribution in [-0.4, -0.2) is 27.6 Å². The first-order chi connectivity index (χ1) is 13.0. The summed E-state index contributed by atoms with van der Waals surface area (Å²) < 4.78 is 39.6. The highest BCUT2D eigenvalue weighted by atomic mass is 19.4. The number of halogens is 3. The Balaban J connectivity index is 1.88. The number of hydrogen-bond acceptors (Lipinski definition) is 3. The fraction of sp³-hybridized carbons (Fsp3) is 0.476. The second kappa shape index (κ2) is 8.92. The molecule has 0 aliphatic carbocycles. The van der Waals surface area contributed by atoms with Crippen molar-refractivity contribution in [3.8, 4) is 0 Å². The van der Waals surface area contributed by atoms with Crippen LogP contribution in [0.5, 0.6) is 0 Å². The average Bonchev–Trinajstić information content (AvgIpc) is 3.00. The Kier molecular flexibility index (Phi) is 7.06. The molecule has 7 heteroatoms. The average molecular weight is 396 g/mol. The highest BCUT2D eigenvalue weighted by molar-refractivity contribution is 5.94. The molecule has 28 heavy (non-hydrogen) atoms. The van der Waals surface area contributed by atoms with Gasteiger partial charge in [-0.05, 0) is 62.4 Å². The van der Waals surface area contributed by atoms with Gasteiger partial charge in [-0.1, -0.05) is 12.1 Å². The van der Waals surface area contributed by atoms with Gasteiger partial charge in [0.15, 0.2) is 5.78 Å². The number of hydrogen-bond donors (Lipinski definition) is 2. The van der Waals surface area contributed by atoms with Crippen LogP contribution in [0.25, 0.3) is 0 Å². The van der Waals surface area contributed by atoms with E-state index in [4.69, 9.17) is 5.73 Å². The van der Waals surface area contributed by atoms with Gasteiger partial charge in [-0.25, -0.2) is 0 Å². The number of nitrogens with zero attached hydrogens (tertiary/aromatic N) is 1. The summed E-state index contributed by atoms with van der Waals surface area (Å²) in [6.45, 7) is 1.68. The zero-order valence-electron chi connectivity index (χ0n) is 16.2. The predicted molar refractivity (Wildman–Crippen MR) is 102 cm³/mol. The van der Waals surface area contributed by atoms with Crippen LogP contribution in [0.2, 0.25) is 0 Å². The van der Waals surface area contributed by atoms with Gasteiger partial charge in [-0.3, -0.25) is 4.79 Å². The van der Waals surface area contributed by atoms with Crippen LogP contribution >= 0.6 is 0 Å². The first-order valence-electron chi connectivity index (χ1n) is 9.27. The summed E-state index contributed by atoms with van der Waals surface area (Å²) in [5, 5.41) is 9.24. The van der Waals surface area contributed by atoms with Crippen molar-refractivity contribution in [1.82, 2.24) is 4.57 Å². The van der Waals surface area contributed by atoms with Crippen LogP contribution in [0.4, 0.5) is 13.2 Å². The van der Waals surface area contributed by atoms with Crippen LogP contribution < -0.4 is 5.73 Å². The Labute approximate surface area is 163 Å². The summed E-state index contributed by atoms with van der Waals surface area (Å²) in [6, 6.07) is 8.72. The van der Waals surface area contributed by atoms with E-state index in [1.165, 1.54) is 12.1 Å². The number of aliphatic hydroxyl groups is 1. The number of carbonyl (C=O) groups excluding carboxylic acids is 1. The second-order valence-corrected chi connectivity index (χ2v) is 7.55. The third-order valence-corrected chi connectivity index (χ3v) is 4.98. The predicted octanol–water partition coefficient (Wildman–Crippen LogP) is 3.89. The Morgan fingerprint density at radius 3 is 2.32 bits per heavy atom. The van der Waals surface area contributed by atoms with E-state index in [2.05, 4.69) is 0 Å². The summed E-state index contributed by atoms with van der Waals surface area (Å²) in [5.41, 5.74) is 6.97. The summed E-state index contributed by atoms with van der Waals surface area (Å²) in [7, 11) is 1.82. The van der Waals surface area contributed by atoms with Crippen molar-refractivity contribution in [1.29, 1.82) is 0 Å². The maximum Gasteiger partial charge on any atom is 0.416 e. The van der Waals surface area contributed by atoms with E-state index >= 15 is 0 Å². The van der Waals surface area contributed by atoms with Gasteiger partial charge >= 0.3 is 6.18 Å². The molecule has 2 rings (SSSR count). The fourth-order valence-electron chi connectivity index (χ4n) is 3.02. The molecule has 3 N–H and O–H groups in total. The SMILES string of the molecule is Cn1c(CC[C@@](C)(N)CO)ccc1C(=O)CCCc1ccc(C(F)(F)F)cc1. The highest BCUT2D eigenvalue weighted by Crippen LogP contribution is 2.29. The normalized spacial score (nSPS) is 14.1. The van der Waals surface area contributed by atoms with Gasteiger partial charge in [0, 0.05) is 24.7 Å². The van der Waals surface area contributed by atoms with Crippen LogP contribution in [0, 0.1) is 0 Å². The molecule has 1 heterocycles. The molecule has 1 atom stereocenters. The van der Waals surface area contributed by atoms with Crippen LogP contribution in [-0.2, 0) is 26.1 Å². The standard InChI is InChI=1S/C21H27F3N2O2/c1-20(25,14-27)13-12-17-10-11-18(26(17)2)19(28)5-3-4-15-6-8-16(9-7-15)21(22,23)24/h6-11,27H,3-5,12-14,25H2,1-2H3/t20-/m1/s1. The first kappa shape index (κ1) is 22.2. The molecular formula is C21H27F3N2O2. The quantitative estimate of drug-likeness (QED) is 0.632. The molecular weight excluding hydrogens is 369 g/mol. The third kappa shape index (κ3) is 5.94. The van der Waals surface area contributed by atoms with Crippen LogP contribution in [0.3, 0.4) is 0 Å². The van der Waals surface area contributed by atoms with E-state index in [1.807, 2.05) is 17.7 Å². The van der Waals surface area contributed by atoms with E-state index < -0.39 is 17.3 Å². The lowest BCUT2D eigenvalue weighted by atomic mass is 9.97. The number of nitrogens with two attached hydrogens (primary N) is 1. The maximum absolute atomic E-state index is 12.6. The van der Waals surface area contributed by atoms with Crippen LogP contribution in [0.1, 0.15) is 53.5 Å². The van der Waals surface area contributed by atoms with Crippen molar-refractivity contribution in [3.05, 3.63) is 58.9 Å². The van der Waals surface area contributed by atoms with Gasteiger partial charge in [0.2, 0.25) is 0 Å². The lowest BCUT2D eigenvalue weighted by Gasteiger charge is -2.21. The largest absolute Gasteiger partial charge is 0.416 e. The molecule has 0 aliphatic rings. The van der Waals surface area contributed by atoms with E-state index in [1.54, 1.807) is 13.0 Å². The van der Waals surface area contributed by atoms with Crippen molar-refractivity contribution >= 4 is 5.78 Å². The molecule has 0 bridgehead atoms. The Morgan fingerprint density at radius 1 is 1.11 bits per heavy atom. The van der Waals surface area contributed by atoms with E-state index in [0.717, 1.165) is 23.4 Å². The number of Topliss-reactive ketones (excluding diaryl/α,β-unsaturated/α-hetero) is 1. The van der Waals surface area contributed by atoms with Crippen LogP contribution in [0.15, 0.2) is 36.4 Å². The zero-order chi connectivity index (χ0) is 20.9. The molecule has 154 valence electrons. The smallest absolute Gasteiger partial charge is 0.394 e. The van der Waals surface area contributed by atoms with Gasteiger partial charge in [0.25, 0.3) is 0 Å². The van der Waals surface area contributed by atoms with Crippen molar-refractivity contribution in [2.45, 2.75) is 50.7 Å².